The first-order valence-corrected chi connectivity index (χ1v) is 6.57. The monoisotopic (exact) mass is 250 g/mol. The van der Waals surface area contributed by atoms with Crippen molar-refractivity contribution in [1.82, 2.24) is 0 Å². The number of rotatable bonds is 1. The molecule has 2 aliphatic rings. The zero-order valence-electron chi connectivity index (χ0n) is 11.0. The lowest BCUT2D eigenvalue weighted by molar-refractivity contribution is -0.123. The highest BCUT2D eigenvalue weighted by Crippen LogP contribution is 2.56. The first kappa shape index (κ1) is 13.5. The van der Waals surface area contributed by atoms with E-state index in [-0.39, 0.29) is 23.7 Å². The Balaban J connectivity index is 2.24. The number of fused-ring (bicyclic) bond motifs is 1. The number of allylic oxidation sites excluding steroid dienone is 1. The van der Waals surface area contributed by atoms with Gasteiger partial charge in [0.15, 0.2) is 5.78 Å². The van der Waals surface area contributed by atoms with Crippen LogP contribution in [-0.2, 0) is 4.79 Å². The summed E-state index contributed by atoms with van der Waals surface area (Å²) in [7, 11) is 0. The van der Waals surface area contributed by atoms with E-state index in [4.69, 9.17) is 0 Å². The maximum atomic E-state index is 12.1. The van der Waals surface area contributed by atoms with Crippen molar-refractivity contribution < 1.29 is 15.0 Å². The average molecular weight is 250 g/mol. The van der Waals surface area contributed by atoms with E-state index in [1.54, 1.807) is 0 Å². The Morgan fingerprint density at radius 2 is 2.11 bits per heavy atom. The van der Waals surface area contributed by atoms with E-state index in [1.165, 1.54) is 0 Å². The van der Waals surface area contributed by atoms with Crippen molar-refractivity contribution in [2.45, 2.75) is 38.7 Å². The second-order valence-electron chi connectivity index (χ2n) is 6.09. The van der Waals surface area contributed by atoms with Crippen LogP contribution >= 0.6 is 0 Å². The van der Waals surface area contributed by atoms with Gasteiger partial charge in [0.05, 0.1) is 6.10 Å². The Morgan fingerprint density at radius 1 is 1.44 bits per heavy atom. The molecule has 0 unspecified atom stereocenters. The van der Waals surface area contributed by atoms with Crippen LogP contribution in [0.4, 0.5) is 0 Å². The van der Waals surface area contributed by atoms with E-state index in [0.717, 1.165) is 18.4 Å². The molecule has 3 nitrogen and oxygen atoms in total. The van der Waals surface area contributed by atoms with Gasteiger partial charge in [0.2, 0.25) is 0 Å². The maximum Gasteiger partial charge on any atom is 0.161 e. The van der Waals surface area contributed by atoms with Crippen molar-refractivity contribution in [3.05, 3.63) is 24.3 Å². The fraction of sp³-hybridized carbons (Fsp3) is 0.667. The van der Waals surface area contributed by atoms with Gasteiger partial charge in [0.25, 0.3) is 0 Å². The summed E-state index contributed by atoms with van der Waals surface area (Å²) in [6.45, 7) is 9.92. The van der Waals surface area contributed by atoms with Crippen LogP contribution in [0.25, 0.3) is 0 Å². The second-order valence-corrected chi connectivity index (χ2v) is 6.09. The fourth-order valence-corrected chi connectivity index (χ4v) is 3.32. The van der Waals surface area contributed by atoms with Gasteiger partial charge in [-0.1, -0.05) is 25.7 Å². The minimum absolute atomic E-state index is 0.0634. The maximum absolute atomic E-state index is 12.1. The van der Waals surface area contributed by atoms with Gasteiger partial charge in [0.1, 0.15) is 0 Å². The number of aliphatic hydroxyl groups excluding tert-OH is 2. The zero-order chi connectivity index (χ0) is 13.5. The predicted molar refractivity (Wildman–Crippen MR) is 69.9 cm³/mol. The van der Waals surface area contributed by atoms with Crippen LogP contribution in [0.5, 0.6) is 0 Å². The van der Waals surface area contributed by atoms with Crippen LogP contribution in [-0.4, -0.2) is 28.7 Å². The summed E-state index contributed by atoms with van der Waals surface area (Å²) in [5.74, 6) is 0.389. The number of Topliss-reactive ketones (excluding diaryl/α,β-unsaturated/α-hetero) is 1. The molecule has 2 N–H and O–H groups in total. The summed E-state index contributed by atoms with van der Waals surface area (Å²) >= 11 is 0. The van der Waals surface area contributed by atoms with Gasteiger partial charge in [-0.25, -0.2) is 0 Å². The average Bonchev–Trinajstić information content (AvgIpc) is 2.38. The summed E-state index contributed by atoms with van der Waals surface area (Å²) in [4.78, 5) is 12.1. The molecule has 0 saturated heterocycles. The molecule has 0 radical (unpaired) electrons. The third-order valence-electron chi connectivity index (χ3n) is 4.86. The molecule has 18 heavy (non-hydrogen) atoms. The Labute approximate surface area is 108 Å². The van der Waals surface area contributed by atoms with Crippen molar-refractivity contribution in [3.8, 4) is 0 Å². The number of aliphatic hydroxyl groups is 2. The van der Waals surface area contributed by atoms with Crippen molar-refractivity contribution >= 4 is 5.78 Å². The number of ketones is 1. The van der Waals surface area contributed by atoms with Gasteiger partial charge in [0, 0.05) is 18.6 Å². The molecule has 0 bridgehead atoms. The van der Waals surface area contributed by atoms with Crippen molar-refractivity contribution in [3.63, 3.8) is 0 Å². The van der Waals surface area contributed by atoms with Gasteiger partial charge in [-0.15, -0.1) is 0 Å². The number of carbonyl (C=O) groups is 1. The first-order chi connectivity index (χ1) is 8.39. The third-order valence-corrected chi connectivity index (χ3v) is 4.86. The van der Waals surface area contributed by atoms with E-state index >= 15 is 0 Å². The van der Waals surface area contributed by atoms with Crippen LogP contribution in [0.1, 0.15) is 32.6 Å². The second kappa shape index (κ2) is 4.63. The minimum Gasteiger partial charge on any atom is -0.396 e. The fourth-order valence-electron chi connectivity index (χ4n) is 3.32. The van der Waals surface area contributed by atoms with E-state index in [9.17, 15) is 15.0 Å². The zero-order valence-corrected chi connectivity index (χ0v) is 11.0. The van der Waals surface area contributed by atoms with Crippen LogP contribution in [0.3, 0.4) is 0 Å². The summed E-state index contributed by atoms with van der Waals surface area (Å²) in [5, 5.41) is 19.4. The van der Waals surface area contributed by atoms with Gasteiger partial charge >= 0.3 is 0 Å². The highest BCUT2D eigenvalue weighted by atomic mass is 16.3. The molecule has 2 fully saturated rings. The molecular formula is C15H22O3. The van der Waals surface area contributed by atoms with E-state index < -0.39 is 6.10 Å². The Morgan fingerprint density at radius 3 is 2.72 bits per heavy atom. The molecule has 3 heteroatoms. The molecule has 2 aliphatic carbocycles. The lowest BCUT2D eigenvalue weighted by atomic mass is 9.51. The van der Waals surface area contributed by atoms with Gasteiger partial charge < -0.3 is 10.2 Å². The summed E-state index contributed by atoms with van der Waals surface area (Å²) in [6, 6.07) is 0. The third kappa shape index (κ3) is 2.06. The topological polar surface area (TPSA) is 57.5 Å². The highest BCUT2D eigenvalue weighted by Gasteiger charge is 2.51. The number of hydrogen-bond donors (Lipinski definition) is 2. The molecule has 0 spiro atoms. The molecule has 2 rings (SSSR count). The van der Waals surface area contributed by atoms with Gasteiger partial charge in [-0.2, -0.15) is 0 Å². The largest absolute Gasteiger partial charge is 0.396 e. The highest BCUT2D eigenvalue weighted by molar-refractivity contribution is 5.96. The first-order valence-electron chi connectivity index (χ1n) is 6.57. The lowest BCUT2D eigenvalue weighted by Gasteiger charge is -2.53. The molecule has 0 amide bonds. The van der Waals surface area contributed by atoms with E-state index in [1.807, 2.05) is 6.92 Å². The molecule has 0 aliphatic heterocycles. The molecule has 0 heterocycles. The van der Waals surface area contributed by atoms with Crippen molar-refractivity contribution in [2.24, 2.45) is 17.3 Å². The van der Waals surface area contributed by atoms with Crippen LogP contribution in [0.15, 0.2) is 24.3 Å². The van der Waals surface area contributed by atoms with Gasteiger partial charge in [-0.3, -0.25) is 4.79 Å². The van der Waals surface area contributed by atoms with Crippen LogP contribution in [0, 0.1) is 17.3 Å². The van der Waals surface area contributed by atoms with Gasteiger partial charge in [-0.05, 0) is 36.5 Å². The van der Waals surface area contributed by atoms with Crippen LogP contribution in [0.2, 0.25) is 0 Å². The molecule has 0 aromatic rings. The Bertz CT molecular complexity index is 399. The normalized spacial score (nSPS) is 41.5. The van der Waals surface area contributed by atoms with Crippen molar-refractivity contribution in [1.29, 1.82) is 0 Å². The number of carbonyl (C=O) groups excluding carboxylic acids is 1. The number of hydrogen-bond acceptors (Lipinski definition) is 3. The van der Waals surface area contributed by atoms with Crippen molar-refractivity contribution in [2.75, 3.05) is 6.61 Å². The standard InChI is InChI=1S/C15H22O3/c1-9-4-5-13(17)10(2)14(18)6-12-11(9)7-15(12,3)8-16/h11-13,16-17H,1-2,4-8H2,3H3/t11-,12+,13+,15+/m1/s1. The van der Waals surface area contributed by atoms with E-state index in [2.05, 4.69) is 13.2 Å². The SMILES string of the molecule is C=C1CC[C@H](O)C(=C)C(=O)C[C@H]2[C@@H]1C[C@@]2(C)CO. The molecule has 2 saturated carbocycles. The molecular weight excluding hydrogens is 228 g/mol. The lowest BCUT2D eigenvalue weighted by Crippen LogP contribution is -2.49. The molecule has 100 valence electrons. The van der Waals surface area contributed by atoms with E-state index in [0.29, 0.717) is 24.3 Å². The molecule has 4 atom stereocenters. The molecule has 0 aromatic carbocycles. The smallest absolute Gasteiger partial charge is 0.161 e. The minimum atomic E-state index is -0.743. The quantitative estimate of drug-likeness (QED) is 0.551. The summed E-state index contributed by atoms with van der Waals surface area (Å²) < 4.78 is 0. The predicted octanol–water partition coefficient (Wildman–Crippen LogP) is 1.85. The Kier molecular flexibility index (Phi) is 3.47. The molecule has 0 aromatic heterocycles. The Hall–Kier alpha value is -0.930. The summed E-state index contributed by atoms with van der Waals surface area (Å²) in [6.07, 6.45) is 1.78. The van der Waals surface area contributed by atoms with Crippen LogP contribution < -0.4 is 0 Å². The summed E-state index contributed by atoms with van der Waals surface area (Å²) in [5.41, 5.74) is 1.24.